The van der Waals surface area contributed by atoms with Gasteiger partial charge in [-0.25, -0.2) is 4.79 Å². The highest BCUT2D eigenvalue weighted by Gasteiger charge is 2.13. The van der Waals surface area contributed by atoms with Crippen molar-refractivity contribution in [2.75, 3.05) is 19.0 Å². The van der Waals surface area contributed by atoms with Gasteiger partial charge in [0.1, 0.15) is 0 Å². The first-order valence-electron chi connectivity index (χ1n) is 7.38. The van der Waals surface area contributed by atoms with Crippen LogP contribution < -0.4 is 10.6 Å². The zero-order valence-electron chi connectivity index (χ0n) is 13.2. The molecule has 6 nitrogen and oxygen atoms in total. The molecule has 126 valence electrons. The lowest BCUT2D eigenvalue weighted by molar-refractivity contribution is -0.120. The predicted molar refractivity (Wildman–Crippen MR) is 91.7 cm³/mol. The summed E-state index contributed by atoms with van der Waals surface area (Å²) in [6.07, 6.45) is 1.84. The molecule has 0 aliphatic heterocycles. The summed E-state index contributed by atoms with van der Waals surface area (Å²) in [6, 6.07) is 6.39. The average Bonchev–Trinajstić information content (AvgIpc) is 2.54. The second-order valence-corrected chi connectivity index (χ2v) is 6.02. The van der Waals surface area contributed by atoms with E-state index in [9.17, 15) is 14.4 Å². The first kappa shape index (κ1) is 19.2. The van der Waals surface area contributed by atoms with E-state index in [4.69, 9.17) is 0 Å². The topological polar surface area (TPSA) is 84.5 Å². The molecule has 7 heteroatoms. The van der Waals surface area contributed by atoms with Crippen molar-refractivity contribution in [3.8, 4) is 0 Å². The Labute approximate surface area is 144 Å². The maximum absolute atomic E-state index is 11.8. The van der Waals surface area contributed by atoms with Crippen LogP contribution in [0.4, 0.5) is 5.69 Å². The van der Waals surface area contributed by atoms with Crippen LogP contribution in [0.25, 0.3) is 0 Å². The lowest BCUT2D eigenvalue weighted by Gasteiger charge is -2.10. The Kier molecular flexibility index (Phi) is 8.32. The van der Waals surface area contributed by atoms with E-state index in [1.54, 1.807) is 24.3 Å². The van der Waals surface area contributed by atoms with Gasteiger partial charge in [0.15, 0.2) is 0 Å². The first-order valence-corrected chi connectivity index (χ1v) is 8.29. The molecule has 0 aliphatic carbocycles. The van der Waals surface area contributed by atoms with Crippen LogP contribution in [0.3, 0.4) is 0 Å². The number of hydrogen-bond donors (Lipinski definition) is 2. The maximum atomic E-state index is 11.8. The highest BCUT2D eigenvalue weighted by molar-refractivity contribution is 9.10. The van der Waals surface area contributed by atoms with Crippen LogP contribution in [-0.4, -0.2) is 36.3 Å². The lowest BCUT2D eigenvalue weighted by Crippen LogP contribution is -2.33. The fourth-order valence-electron chi connectivity index (χ4n) is 1.83. The highest BCUT2D eigenvalue weighted by Crippen LogP contribution is 2.11. The first-order chi connectivity index (χ1) is 11.0. The SMILES string of the molecule is CCC[C@@H](Br)C(=O)NCCC(=O)Nc1ccc(C(=O)OC)cc1. The summed E-state index contributed by atoms with van der Waals surface area (Å²) in [5.41, 5.74) is 0.996. The minimum absolute atomic E-state index is 0.109. The van der Waals surface area contributed by atoms with Crippen molar-refractivity contribution in [3.05, 3.63) is 29.8 Å². The van der Waals surface area contributed by atoms with Crippen molar-refractivity contribution >= 4 is 39.4 Å². The second-order valence-electron chi connectivity index (χ2n) is 4.91. The molecule has 0 unspecified atom stereocenters. The molecule has 0 fully saturated rings. The van der Waals surface area contributed by atoms with E-state index < -0.39 is 5.97 Å². The van der Waals surface area contributed by atoms with E-state index in [0.717, 1.165) is 12.8 Å². The van der Waals surface area contributed by atoms with Crippen LogP contribution in [0.1, 0.15) is 36.5 Å². The van der Waals surface area contributed by atoms with E-state index >= 15 is 0 Å². The van der Waals surface area contributed by atoms with E-state index in [1.165, 1.54) is 7.11 Å². The van der Waals surface area contributed by atoms with Gasteiger partial charge in [-0.3, -0.25) is 9.59 Å². The second kappa shape index (κ2) is 9.99. The molecule has 0 saturated carbocycles. The smallest absolute Gasteiger partial charge is 0.337 e. The van der Waals surface area contributed by atoms with Gasteiger partial charge in [0, 0.05) is 18.7 Å². The van der Waals surface area contributed by atoms with Crippen molar-refractivity contribution < 1.29 is 19.1 Å². The Hall–Kier alpha value is -1.89. The Bertz CT molecular complexity index is 546. The monoisotopic (exact) mass is 384 g/mol. The molecule has 1 atom stereocenters. The van der Waals surface area contributed by atoms with E-state index in [0.29, 0.717) is 11.3 Å². The quantitative estimate of drug-likeness (QED) is 0.532. The van der Waals surface area contributed by atoms with Crippen LogP contribution in [-0.2, 0) is 14.3 Å². The van der Waals surface area contributed by atoms with Gasteiger partial charge >= 0.3 is 5.97 Å². The Morgan fingerprint density at radius 2 is 1.87 bits per heavy atom. The summed E-state index contributed by atoms with van der Waals surface area (Å²) >= 11 is 3.30. The van der Waals surface area contributed by atoms with Crippen molar-refractivity contribution in [1.82, 2.24) is 5.32 Å². The van der Waals surface area contributed by atoms with E-state index in [1.807, 2.05) is 6.92 Å². The molecule has 0 radical (unpaired) electrons. The fourth-order valence-corrected chi connectivity index (χ4v) is 2.45. The number of hydrogen-bond acceptors (Lipinski definition) is 4. The number of anilines is 1. The van der Waals surface area contributed by atoms with Gasteiger partial charge in [-0.1, -0.05) is 29.3 Å². The van der Waals surface area contributed by atoms with Crippen molar-refractivity contribution in [2.24, 2.45) is 0 Å². The predicted octanol–water partition coefficient (Wildman–Crippen LogP) is 2.48. The molecule has 23 heavy (non-hydrogen) atoms. The summed E-state index contributed by atoms with van der Waals surface area (Å²) < 4.78 is 4.60. The molecule has 1 aromatic rings. The lowest BCUT2D eigenvalue weighted by atomic mass is 10.2. The number of rotatable bonds is 8. The summed E-state index contributed by atoms with van der Waals surface area (Å²) in [6.45, 7) is 2.27. The van der Waals surface area contributed by atoms with Crippen LogP contribution in [0, 0.1) is 0 Å². The third-order valence-corrected chi connectivity index (χ3v) is 3.94. The number of carbonyl (C=O) groups excluding carboxylic acids is 3. The van der Waals surface area contributed by atoms with E-state index in [2.05, 4.69) is 31.3 Å². The molecular formula is C16H21BrN2O4. The summed E-state index contributed by atoms with van der Waals surface area (Å²) in [7, 11) is 1.31. The summed E-state index contributed by atoms with van der Waals surface area (Å²) in [5.74, 6) is -0.748. The van der Waals surface area contributed by atoms with Crippen molar-refractivity contribution in [2.45, 2.75) is 31.0 Å². The number of alkyl halides is 1. The molecular weight excluding hydrogens is 364 g/mol. The zero-order valence-corrected chi connectivity index (χ0v) is 14.8. The molecule has 1 rings (SSSR count). The third-order valence-electron chi connectivity index (χ3n) is 3.07. The number of amides is 2. The van der Waals surface area contributed by atoms with Gasteiger partial charge in [0.2, 0.25) is 11.8 Å². The Morgan fingerprint density at radius 3 is 2.43 bits per heavy atom. The van der Waals surface area contributed by atoms with Gasteiger partial charge in [0.05, 0.1) is 17.5 Å². The molecule has 0 aliphatic rings. The standard InChI is InChI=1S/C16H21BrN2O4/c1-3-4-13(17)15(21)18-10-9-14(20)19-12-7-5-11(6-8-12)16(22)23-2/h5-8,13H,3-4,9-10H2,1-2H3,(H,18,21)(H,19,20)/t13-/m1/s1. The summed E-state index contributed by atoms with van der Waals surface area (Å²) in [5, 5.41) is 5.41. The van der Waals surface area contributed by atoms with Crippen LogP contribution in [0.5, 0.6) is 0 Å². The highest BCUT2D eigenvalue weighted by atomic mass is 79.9. The molecule has 0 spiro atoms. The molecule has 1 aromatic carbocycles. The Morgan fingerprint density at radius 1 is 1.22 bits per heavy atom. The van der Waals surface area contributed by atoms with Gasteiger partial charge in [0.25, 0.3) is 0 Å². The zero-order chi connectivity index (χ0) is 17.2. The molecule has 2 amide bonds. The average molecular weight is 385 g/mol. The third kappa shape index (κ3) is 6.81. The number of benzene rings is 1. The maximum Gasteiger partial charge on any atom is 0.337 e. The Balaban J connectivity index is 2.36. The number of ether oxygens (including phenoxy) is 1. The number of esters is 1. The van der Waals surface area contributed by atoms with Gasteiger partial charge in [-0.2, -0.15) is 0 Å². The summed E-state index contributed by atoms with van der Waals surface area (Å²) in [4.78, 5) is 34.5. The number of carbonyl (C=O) groups is 3. The minimum atomic E-state index is -0.429. The molecule has 0 heterocycles. The normalized spacial score (nSPS) is 11.4. The number of halogens is 1. The molecule has 0 aromatic heterocycles. The fraction of sp³-hybridized carbons (Fsp3) is 0.438. The van der Waals surface area contributed by atoms with Gasteiger partial charge in [-0.15, -0.1) is 0 Å². The van der Waals surface area contributed by atoms with Crippen LogP contribution in [0.2, 0.25) is 0 Å². The van der Waals surface area contributed by atoms with E-state index in [-0.39, 0.29) is 29.6 Å². The molecule has 0 bridgehead atoms. The minimum Gasteiger partial charge on any atom is -0.465 e. The van der Waals surface area contributed by atoms with Gasteiger partial charge in [-0.05, 0) is 30.7 Å². The number of methoxy groups -OCH3 is 1. The van der Waals surface area contributed by atoms with Crippen LogP contribution in [0.15, 0.2) is 24.3 Å². The molecule has 2 N–H and O–H groups in total. The van der Waals surface area contributed by atoms with Crippen molar-refractivity contribution in [1.29, 1.82) is 0 Å². The van der Waals surface area contributed by atoms with Crippen LogP contribution >= 0.6 is 15.9 Å². The largest absolute Gasteiger partial charge is 0.465 e. The number of nitrogens with one attached hydrogen (secondary N) is 2. The van der Waals surface area contributed by atoms with Crippen molar-refractivity contribution in [3.63, 3.8) is 0 Å². The molecule has 0 saturated heterocycles. The van der Waals surface area contributed by atoms with Gasteiger partial charge < -0.3 is 15.4 Å².